The molecule has 1 aromatic heterocycles. The third kappa shape index (κ3) is 3.92. The van der Waals surface area contributed by atoms with E-state index < -0.39 is 10.0 Å². The second-order valence-corrected chi connectivity index (χ2v) is 6.25. The first kappa shape index (κ1) is 16.2. The predicted molar refractivity (Wildman–Crippen MR) is 81.9 cm³/mol. The predicted octanol–water partition coefficient (Wildman–Crippen LogP) is 0.611. The van der Waals surface area contributed by atoms with Gasteiger partial charge in [0.15, 0.2) is 5.03 Å². The summed E-state index contributed by atoms with van der Waals surface area (Å²) in [7, 11) is -3.62. The van der Waals surface area contributed by atoms with Crippen molar-refractivity contribution in [2.75, 3.05) is 13.1 Å². The molecular formula is C14H18N4O3S. The van der Waals surface area contributed by atoms with E-state index in [1.807, 2.05) is 13.0 Å². The molecule has 2 N–H and O–H groups in total. The monoisotopic (exact) mass is 322 g/mol. The van der Waals surface area contributed by atoms with Crippen LogP contribution in [0, 0.1) is 0 Å². The number of carbonyl (C=O) groups excluding carboxylic acids is 1. The number of benzene rings is 1. The number of hydrogen-bond donors (Lipinski definition) is 2. The van der Waals surface area contributed by atoms with Crippen LogP contribution in [0.2, 0.25) is 0 Å². The van der Waals surface area contributed by atoms with Crippen LogP contribution in [0.5, 0.6) is 0 Å². The van der Waals surface area contributed by atoms with E-state index in [0.717, 1.165) is 0 Å². The van der Waals surface area contributed by atoms with Gasteiger partial charge in [0.1, 0.15) is 0 Å². The SMILES string of the molecule is CCn1cncc1S(=O)(=O)NCCNC(=O)c1ccccc1. The van der Waals surface area contributed by atoms with Crippen molar-refractivity contribution in [3.63, 3.8) is 0 Å². The molecule has 1 heterocycles. The largest absolute Gasteiger partial charge is 0.351 e. The summed E-state index contributed by atoms with van der Waals surface area (Å²) in [5.41, 5.74) is 0.536. The number of rotatable bonds is 7. The molecule has 1 amide bonds. The molecule has 0 radical (unpaired) electrons. The number of nitrogens with zero attached hydrogens (tertiary/aromatic N) is 2. The summed E-state index contributed by atoms with van der Waals surface area (Å²) in [4.78, 5) is 15.6. The Hall–Kier alpha value is -2.19. The quantitative estimate of drug-likeness (QED) is 0.731. The van der Waals surface area contributed by atoms with Crippen molar-refractivity contribution >= 4 is 15.9 Å². The Bertz CT molecular complexity index is 726. The molecule has 0 spiro atoms. The van der Waals surface area contributed by atoms with Gasteiger partial charge in [0.05, 0.1) is 12.5 Å². The number of hydrogen-bond acceptors (Lipinski definition) is 4. The highest BCUT2D eigenvalue weighted by atomic mass is 32.2. The van der Waals surface area contributed by atoms with Gasteiger partial charge < -0.3 is 9.88 Å². The molecular weight excluding hydrogens is 304 g/mol. The van der Waals surface area contributed by atoms with E-state index in [4.69, 9.17) is 0 Å². The number of nitrogens with one attached hydrogen (secondary N) is 2. The van der Waals surface area contributed by atoms with E-state index >= 15 is 0 Å². The summed E-state index contributed by atoms with van der Waals surface area (Å²) in [5, 5.41) is 2.77. The molecule has 22 heavy (non-hydrogen) atoms. The van der Waals surface area contributed by atoms with Crippen LogP contribution in [0.3, 0.4) is 0 Å². The van der Waals surface area contributed by atoms with Gasteiger partial charge in [-0.05, 0) is 19.1 Å². The summed E-state index contributed by atoms with van der Waals surface area (Å²) < 4.78 is 28.2. The number of aryl methyl sites for hydroxylation is 1. The molecule has 0 aliphatic heterocycles. The Kier molecular flexibility index (Phi) is 5.29. The van der Waals surface area contributed by atoms with Gasteiger partial charge in [0.2, 0.25) is 0 Å². The van der Waals surface area contributed by atoms with Crippen molar-refractivity contribution in [1.82, 2.24) is 19.6 Å². The highest BCUT2D eigenvalue weighted by Gasteiger charge is 2.18. The Morgan fingerprint density at radius 2 is 1.95 bits per heavy atom. The fourth-order valence-electron chi connectivity index (χ4n) is 1.90. The zero-order valence-electron chi connectivity index (χ0n) is 12.2. The van der Waals surface area contributed by atoms with E-state index in [2.05, 4.69) is 15.0 Å². The standard InChI is InChI=1S/C14H18N4O3S/c1-2-18-11-15-10-13(18)22(20,21)17-9-8-16-14(19)12-6-4-3-5-7-12/h3-7,10-11,17H,2,8-9H2,1H3,(H,16,19). The second-order valence-electron chi connectivity index (χ2n) is 4.54. The van der Waals surface area contributed by atoms with Crippen LogP contribution in [0.4, 0.5) is 0 Å². The minimum Gasteiger partial charge on any atom is -0.351 e. The zero-order valence-corrected chi connectivity index (χ0v) is 13.0. The summed E-state index contributed by atoms with van der Waals surface area (Å²) in [6.45, 7) is 2.66. The summed E-state index contributed by atoms with van der Waals surface area (Å²) >= 11 is 0. The fourth-order valence-corrected chi connectivity index (χ4v) is 3.10. The molecule has 0 aliphatic carbocycles. The van der Waals surface area contributed by atoms with E-state index in [0.29, 0.717) is 12.1 Å². The molecule has 0 saturated carbocycles. The second kappa shape index (κ2) is 7.19. The van der Waals surface area contributed by atoms with Gasteiger partial charge in [-0.25, -0.2) is 18.1 Å². The van der Waals surface area contributed by atoms with E-state index in [1.165, 1.54) is 17.1 Å². The molecule has 7 nitrogen and oxygen atoms in total. The maximum atomic E-state index is 12.1. The average Bonchev–Trinajstić information content (AvgIpc) is 3.02. The Labute approximate surface area is 129 Å². The first-order valence-corrected chi connectivity index (χ1v) is 8.36. The molecule has 2 aromatic rings. The van der Waals surface area contributed by atoms with Crippen LogP contribution >= 0.6 is 0 Å². The van der Waals surface area contributed by atoms with Gasteiger partial charge in [0, 0.05) is 25.2 Å². The van der Waals surface area contributed by atoms with Crippen molar-refractivity contribution in [3.8, 4) is 0 Å². The van der Waals surface area contributed by atoms with Gasteiger partial charge in [-0.1, -0.05) is 18.2 Å². The number of imidazole rings is 1. The molecule has 1 aromatic carbocycles. The van der Waals surface area contributed by atoms with Crippen LogP contribution in [0.15, 0.2) is 47.9 Å². The molecule has 118 valence electrons. The lowest BCUT2D eigenvalue weighted by molar-refractivity contribution is 0.0954. The fraction of sp³-hybridized carbons (Fsp3) is 0.286. The minimum atomic E-state index is -3.62. The number of amides is 1. The Morgan fingerprint density at radius 3 is 2.64 bits per heavy atom. The first-order chi connectivity index (χ1) is 10.5. The van der Waals surface area contributed by atoms with Crippen molar-refractivity contribution in [2.45, 2.75) is 18.5 Å². The molecule has 0 atom stereocenters. The molecule has 0 aliphatic rings. The maximum absolute atomic E-state index is 12.1. The van der Waals surface area contributed by atoms with E-state index in [-0.39, 0.29) is 24.0 Å². The molecule has 0 fully saturated rings. The maximum Gasteiger partial charge on any atom is 0.257 e. The lowest BCUT2D eigenvalue weighted by atomic mass is 10.2. The minimum absolute atomic E-state index is 0.107. The number of aromatic nitrogens is 2. The van der Waals surface area contributed by atoms with Crippen molar-refractivity contribution in [3.05, 3.63) is 48.4 Å². The van der Waals surface area contributed by atoms with Gasteiger partial charge >= 0.3 is 0 Å². The van der Waals surface area contributed by atoms with Crippen molar-refractivity contribution < 1.29 is 13.2 Å². The molecule has 8 heteroatoms. The lowest BCUT2D eigenvalue weighted by Crippen LogP contribution is -2.35. The summed E-state index contributed by atoms with van der Waals surface area (Å²) in [5.74, 6) is -0.238. The van der Waals surface area contributed by atoms with Gasteiger partial charge in [-0.15, -0.1) is 0 Å². The molecule has 0 bridgehead atoms. The number of sulfonamides is 1. The van der Waals surface area contributed by atoms with Gasteiger partial charge in [-0.3, -0.25) is 4.79 Å². The zero-order chi connectivity index (χ0) is 16.0. The number of carbonyl (C=O) groups is 1. The van der Waals surface area contributed by atoms with Crippen LogP contribution in [0.25, 0.3) is 0 Å². The highest BCUT2D eigenvalue weighted by molar-refractivity contribution is 7.89. The Morgan fingerprint density at radius 1 is 1.23 bits per heavy atom. The highest BCUT2D eigenvalue weighted by Crippen LogP contribution is 2.07. The molecule has 0 saturated heterocycles. The topological polar surface area (TPSA) is 93.1 Å². The van der Waals surface area contributed by atoms with Crippen LogP contribution in [-0.2, 0) is 16.6 Å². The third-order valence-corrected chi connectivity index (χ3v) is 4.50. The lowest BCUT2D eigenvalue weighted by Gasteiger charge is -2.09. The van der Waals surface area contributed by atoms with E-state index in [1.54, 1.807) is 24.3 Å². The third-order valence-electron chi connectivity index (χ3n) is 3.03. The van der Waals surface area contributed by atoms with Crippen LogP contribution < -0.4 is 10.0 Å². The van der Waals surface area contributed by atoms with Crippen LogP contribution in [0.1, 0.15) is 17.3 Å². The summed E-state index contributed by atoms with van der Waals surface area (Å²) in [6.07, 6.45) is 2.76. The average molecular weight is 322 g/mol. The van der Waals surface area contributed by atoms with Crippen molar-refractivity contribution in [2.24, 2.45) is 0 Å². The first-order valence-electron chi connectivity index (χ1n) is 6.87. The van der Waals surface area contributed by atoms with Gasteiger partial charge in [-0.2, -0.15) is 0 Å². The molecule has 2 rings (SSSR count). The molecule has 0 unspecified atom stereocenters. The van der Waals surface area contributed by atoms with E-state index in [9.17, 15) is 13.2 Å². The van der Waals surface area contributed by atoms with Crippen molar-refractivity contribution in [1.29, 1.82) is 0 Å². The normalized spacial score (nSPS) is 11.3. The smallest absolute Gasteiger partial charge is 0.257 e. The summed E-state index contributed by atoms with van der Waals surface area (Å²) in [6, 6.07) is 8.74. The van der Waals surface area contributed by atoms with Crippen LogP contribution in [-0.4, -0.2) is 37.0 Å². The Balaban J connectivity index is 1.85. The van der Waals surface area contributed by atoms with Gasteiger partial charge in [0.25, 0.3) is 15.9 Å².